The number of hydrogen-bond acceptors (Lipinski definition) is 3. The Morgan fingerprint density at radius 1 is 1.56 bits per heavy atom. The molecule has 16 heavy (non-hydrogen) atoms. The molecule has 3 N–H and O–H groups in total. The summed E-state index contributed by atoms with van der Waals surface area (Å²) < 4.78 is 2.07. The number of aliphatic hydroxyl groups is 1. The molecule has 2 rings (SSSR count). The van der Waals surface area contributed by atoms with Gasteiger partial charge in [0.25, 0.3) is 0 Å². The summed E-state index contributed by atoms with van der Waals surface area (Å²) in [7, 11) is 0. The molecular weight excluding hydrogens is 202 g/mol. The zero-order valence-corrected chi connectivity index (χ0v) is 9.89. The predicted molar refractivity (Wildman–Crippen MR) is 62.9 cm³/mol. The van der Waals surface area contributed by atoms with Crippen LogP contribution in [0.25, 0.3) is 0 Å². The van der Waals surface area contributed by atoms with E-state index in [1.54, 1.807) is 6.20 Å². The lowest BCUT2D eigenvalue weighted by molar-refractivity contribution is -0.0161. The van der Waals surface area contributed by atoms with Crippen molar-refractivity contribution in [2.75, 3.05) is 0 Å². The fraction of sp³-hybridized carbons (Fsp3) is 0.750. The molecule has 4 nitrogen and oxygen atoms in total. The summed E-state index contributed by atoms with van der Waals surface area (Å²) in [5.41, 5.74) is 5.11. The van der Waals surface area contributed by atoms with Gasteiger partial charge >= 0.3 is 0 Å². The van der Waals surface area contributed by atoms with Crippen LogP contribution in [0.3, 0.4) is 0 Å². The van der Waals surface area contributed by atoms with E-state index in [1.165, 1.54) is 0 Å². The number of aryl methyl sites for hydroxylation is 1. The van der Waals surface area contributed by atoms with Crippen LogP contribution in [0.5, 0.6) is 0 Å². The van der Waals surface area contributed by atoms with E-state index in [4.69, 9.17) is 5.73 Å². The van der Waals surface area contributed by atoms with Crippen molar-refractivity contribution in [2.24, 2.45) is 5.73 Å². The monoisotopic (exact) mass is 223 g/mol. The van der Waals surface area contributed by atoms with E-state index >= 15 is 0 Å². The summed E-state index contributed by atoms with van der Waals surface area (Å²) in [6.07, 6.45) is 8.01. The fourth-order valence-electron chi connectivity index (χ4n) is 2.48. The Balaban J connectivity index is 2.18. The molecule has 1 fully saturated rings. The van der Waals surface area contributed by atoms with Crippen LogP contribution in [-0.4, -0.2) is 20.7 Å². The van der Waals surface area contributed by atoms with Gasteiger partial charge in [-0.3, -0.25) is 0 Å². The highest BCUT2D eigenvalue weighted by Crippen LogP contribution is 2.35. The molecule has 0 bridgehead atoms. The highest BCUT2D eigenvalue weighted by molar-refractivity contribution is 5.07. The first-order valence-electron chi connectivity index (χ1n) is 6.15. The van der Waals surface area contributed by atoms with E-state index in [0.29, 0.717) is 0 Å². The van der Waals surface area contributed by atoms with E-state index < -0.39 is 5.60 Å². The van der Waals surface area contributed by atoms with Crippen molar-refractivity contribution in [3.8, 4) is 0 Å². The van der Waals surface area contributed by atoms with Crippen molar-refractivity contribution in [3.05, 3.63) is 18.2 Å². The van der Waals surface area contributed by atoms with Gasteiger partial charge in [-0.1, -0.05) is 6.92 Å². The van der Waals surface area contributed by atoms with Crippen molar-refractivity contribution >= 4 is 0 Å². The van der Waals surface area contributed by atoms with Gasteiger partial charge in [-0.25, -0.2) is 4.98 Å². The van der Waals surface area contributed by atoms with E-state index in [1.807, 2.05) is 6.20 Å². The summed E-state index contributed by atoms with van der Waals surface area (Å²) >= 11 is 0. The van der Waals surface area contributed by atoms with Gasteiger partial charge < -0.3 is 15.4 Å². The van der Waals surface area contributed by atoms with Gasteiger partial charge in [0.1, 0.15) is 11.4 Å². The van der Waals surface area contributed by atoms with Gasteiger partial charge in [0.15, 0.2) is 0 Å². The smallest absolute Gasteiger partial charge is 0.140 e. The van der Waals surface area contributed by atoms with Crippen LogP contribution in [0, 0.1) is 0 Å². The van der Waals surface area contributed by atoms with E-state index in [-0.39, 0.29) is 6.04 Å². The molecule has 0 unspecified atom stereocenters. The average Bonchev–Trinajstić information content (AvgIpc) is 2.72. The zero-order chi connectivity index (χ0) is 11.6. The molecule has 1 aliphatic rings. The molecular formula is C12H21N3O. The van der Waals surface area contributed by atoms with Crippen molar-refractivity contribution in [1.29, 1.82) is 0 Å². The third kappa shape index (κ3) is 2.13. The second-order valence-corrected chi connectivity index (χ2v) is 4.81. The van der Waals surface area contributed by atoms with Crippen LogP contribution in [-0.2, 0) is 12.1 Å². The highest BCUT2D eigenvalue weighted by atomic mass is 16.3. The Morgan fingerprint density at radius 2 is 2.25 bits per heavy atom. The minimum atomic E-state index is -0.755. The van der Waals surface area contributed by atoms with Crippen LogP contribution < -0.4 is 5.73 Å². The second-order valence-electron chi connectivity index (χ2n) is 4.81. The molecule has 0 amide bonds. The minimum Gasteiger partial charge on any atom is -0.382 e. The molecule has 1 aliphatic carbocycles. The van der Waals surface area contributed by atoms with Gasteiger partial charge in [-0.15, -0.1) is 0 Å². The molecule has 0 aromatic carbocycles. The number of nitrogens with zero attached hydrogens (tertiary/aromatic N) is 2. The number of rotatable bonds is 3. The lowest BCUT2D eigenvalue weighted by Gasteiger charge is -2.34. The van der Waals surface area contributed by atoms with Crippen LogP contribution in [0.15, 0.2) is 12.4 Å². The summed E-state index contributed by atoms with van der Waals surface area (Å²) in [5, 5.41) is 10.6. The molecule has 4 heteroatoms. The Kier molecular flexibility index (Phi) is 3.30. The standard InChI is InChI=1S/C12H21N3O/c1-2-8-15-9-7-14-11(15)12(16)5-3-10(13)4-6-12/h7,9-10,16H,2-6,8,13H2,1H3. The van der Waals surface area contributed by atoms with Gasteiger partial charge in [-0.2, -0.15) is 0 Å². The zero-order valence-electron chi connectivity index (χ0n) is 9.89. The van der Waals surface area contributed by atoms with Gasteiger partial charge in [-0.05, 0) is 32.1 Å². The molecule has 90 valence electrons. The molecule has 1 aromatic heterocycles. The Hall–Kier alpha value is -0.870. The van der Waals surface area contributed by atoms with E-state index in [0.717, 1.165) is 44.5 Å². The molecule has 1 aromatic rings. The lowest BCUT2D eigenvalue weighted by Crippen LogP contribution is -2.38. The van der Waals surface area contributed by atoms with Crippen LogP contribution in [0.1, 0.15) is 44.9 Å². The third-order valence-corrected chi connectivity index (χ3v) is 3.45. The molecule has 1 saturated carbocycles. The van der Waals surface area contributed by atoms with Crippen molar-refractivity contribution in [3.63, 3.8) is 0 Å². The number of nitrogens with two attached hydrogens (primary N) is 1. The Labute approximate surface area is 96.5 Å². The topological polar surface area (TPSA) is 64.1 Å². The summed E-state index contributed by atoms with van der Waals surface area (Å²) in [6.45, 7) is 3.05. The third-order valence-electron chi connectivity index (χ3n) is 3.45. The second kappa shape index (κ2) is 4.55. The normalized spacial score (nSPS) is 30.6. The summed E-state index contributed by atoms with van der Waals surface area (Å²) in [4.78, 5) is 4.33. The quantitative estimate of drug-likeness (QED) is 0.813. The Bertz CT molecular complexity index is 340. The maximum atomic E-state index is 10.6. The molecule has 0 aliphatic heterocycles. The summed E-state index contributed by atoms with van der Waals surface area (Å²) in [5.74, 6) is 0.821. The highest BCUT2D eigenvalue weighted by Gasteiger charge is 2.37. The number of hydrogen-bond donors (Lipinski definition) is 2. The van der Waals surface area contributed by atoms with Crippen molar-refractivity contribution in [2.45, 2.75) is 57.2 Å². The SMILES string of the molecule is CCCn1ccnc1C1(O)CCC(N)CC1. The van der Waals surface area contributed by atoms with E-state index in [9.17, 15) is 5.11 Å². The molecule has 0 radical (unpaired) electrons. The average molecular weight is 223 g/mol. The largest absolute Gasteiger partial charge is 0.382 e. The van der Waals surface area contributed by atoms with Gasteiger partial charge in [0.05, 0.1) is 0 Å². The predicted octanol–water partition coefficient (Wildman–Crippen LogP) is 1.38. The maximum Gasteiger partial charge on any atom is 0.140 e. The first-order valence-corrected chi connectivity index (χ1v) is 6.15. The maximum absolute atomic E-state index is 10.6. The number of aromatic nitrogens is 2. The van der Waals surface area contributed by atoms with Crippen LogP contribution >= 0.6 is 0 Å². The van der Waals surface area contributed by atoms with Crippen LogP contribution in [0.4, 0.5) is 0 Å². The van der Waals surface area contributed by atoms with Crippen molar-refractivity contribution < 1.29 is 5.11 Å². The first-order chi connectivity index (χ1) is 7.65. The minimum absolute atomic E-state index is 0.245. The van der Waals surface area contributed by atoms with Gasteiger partial charge in [0, 0.05) is 25.0 Å². The van der Waals surface area contributed by atoms with E-state index in [2.05, 4.69) is 16.5 Å². The van der Waals surface area contributed by atoms with Crippen molar-refractivity contribution in [1.82, 2.24) is 9.55 Å². The first kappa shape index (κ1) is 11.6. The molecule has 0 atom stereocenters. The van der Waals surface area contributed by atoms with Crippen LogP contribution in [0.2, 0.25) is 0 Å². The number of imidazole rings is 1. The van der Waals surface area contributed by atoms with Gasteiger partial charge in [0.2, 0.25) is 0 Å². The Morgan fingerprint density at radius 3 is 2.88 bits per heavy atom. The lowest BCUT2D eigenvalue weighted by atomic mass is 9.82. The molecule has 0 spiro atoms. The molecule has 1 heterocycles. The summed E-state index contributed by atoms with van der Waals surface area (Å²) in [6, 6.07) is 0.245. The fourth-order valence-corrected chi connectivity index (χ4v) is 2.48. The molecule has 0 saturated heterocycles.